The molecule has 0 amide bonds. The normalized spacial score (nSPS) is 21.7. The van der Waals surface area contributed by atoms with Gasteiger partial charge < -0.3 is 14.3 Å². The maximum atomic E-state index is 13.2. The zero-order chi connectivity index (χ0) is 22.3. The fraction of sp³-hybridized carbons (Fsp3) is 0.542. The van der Waals surface area contributed by atoms with E-state index in [-0.39, 0.29) is 5.97 Å². The molecule has 30 heavy (non-hydrogen) atoms. The molecule has 0 N–H and O–H groups in total. The molecule has 1 spiro atoms. The highest BCUT2D eigenvalue weighted by molar-refractivity contribution is 6.21. The van der Waals surface area contributed by atoms with Crippen molar-refractivity contribution in [3.8, 4) is 0 Å². The molecule has 1 aliphatic carbocycles. The van der Waals surface area contributed by atoms with E-state index in [1.807, 2.05) is 32.9 Å². The topological polar surface area (TPSA) is 74.2 Å². The number of hydrogen-bond acceptors (Lipinski definition) is 6. The quantitative estimate of drug-likeness (QED) is 0.526. The minimum absolute atomic E-state index is 0.346. The van der Waals surface area contributed by atoms with Crippen molar-refractivity contribution in [3.63, 3.8) is 0 Å². The molecule has 1 aromatic rings. The van der Waals surface area contributed by atoms with Crippen molar-refractivity contribution in [1.82, 2.24) is 0 Å². The number of hydrogen-bond donors (Lipinski definition) is 0. The SMILES string of the molecule is CON=C1CCC2(CC1)OC(=O)C(c1c(C)cc(C)cc1C)=C2OC(=O)C(C)(C)C. The predicted molar refractivity (Wildman–Crippen MR) is 115 cm³/mol. The van der Waals surface area contributed by atoms with E-state index in [1.165, 1.54) is 7.11 Å². The summed E-state index contributed by atoms with van der Waals surface area (Å²) in [7, 11) is 1.52. The largest absolute Gasteiger partial charge is 0.447 e. The van der Waals surface area contributed by atoms with Crippen molar-refractivity contribution >= 4 is 23.2 Å². The van der Waals surface area contributed by atoms with Gasteiger partial charge in [-0.15, -0.1) is 0 Å². The molecular formula is C24H31NO5. The molecule has 0 atom stereocenters. The van der Waals surface area contributed by atoms with E-state index in [4.69, 9.17) is 14.3 Å². The van der Waals surface area contributed by atoms with Crippen LogP contribution in [0.5, 0.6) is 0 Å². The molecule has 0 saturated heterocycles. The van der Waals surface area contributed by atoms with Crippen LogP contribution in [0.15, 0.2) is 23.0 Å². The molecule has 1 heterocycles. The number of aryl methyl sites for hydroxylation is 3. The molecule has 2 aliphatic rings. The van der Waals surface area contributed by atoms with Crippen LogP contribution in [-0.4, -0.2) is 30.4 Å². The van der Waals surface area contributed by atoms with Crippen molar-refractivity contribution in [2.75, 3.05) is 7.11 Å². The average Bonchev–Trinajstić information content (AvgIpc) is 2.88. The summed E-state index contributed by atoms with van der Waals surface area (Å²) in [5.74, 6) is -0.473. The summed E-state index contributed by atoms with van der Waals surface area (Å²) in [6, 6.07) is 4.06. The molecule has 0 radical (unpaired) electrons. The Balaban J connectivity index is 2.16. The molecule has 162 valence electrons. The van der Waals surface area contributed by atoms with Crippen molar-refractivity contribution < 1.29 is 23.9 Å². The molecule has 1 aromatic carbocycles. The third-order valence-electron chi connectivity index (χ3n) is 5.72. The van der Waals surface area contributed by atoms with Crippen LogP contribution in [0, 0.1) is 26.2 Å². The maximum Gasteiger partial charge on any atom is 0.343 e. The highest BCUT2D eigenvalue weighted by atomic mass is 16.6. The Bertz CT molecular complexity index is 916. The minimum atomic E-state index is -0.955. The number of rotatable bonds is 3. The highest BCUT2D eigenvalue weighted by Crippen LogP contribution is 2.48. The second-order valence-electron chi connectivity index (χ2n) is 9.34. The van der Waals surface area contributed by atoms with Crippen LogP contribution in [0.3, 0.4) is 0 Å². The van der Waals surface area contributed by atoms with Crippen LogP contribution < -0.4 is 0 Å². The van der Waals surface area contributed by atoms with Crippen molar-refractivity contribution in [3.05, 3.63) is 40.1 Å². The van der Waals surface area contributed by atoms with E-state index in [1.54, 1.807) is 20.8 Å². The Labute approximate surface area is 178 Å². The van der Waals surface area contributed by atoms with E-state index in [2.05, 4.69) is 5.16 Å². The third kappa shape index (κ3) is 4.00. The van der Waals surface area contributed by atoms with Crippen LogP contribution >= 0.6 is 0 Å². The van der Waals surface area contributed by atoms with Gasteiger partial charge in [-0.2, -0.15) is 0 Å². The summed E-state index contributed by atoms with van der Waals surface area (Å²) in [5, 5.41) is 4.05. The first kappa shape index (κ1) is 22.1. The van der Waals surface area contributed by atoms with E-state index in [9.17, 15) is 9.59 Å². The molecule has 6 heteroatoms. The lowest BCUT2D eigenvalue weighted by Crippen LogP contribution is -2.39. The summed E-state index contributed by atoms with van der Waals surface area (Å²) >= 11 is 0. The summed E-state index contributed by atoms with van der Waals surface area (Å²) in [6.07, 6.45) is 2.22. The number of esters is 2. The fourth-order valence-electron chi connectivity index (χ4n) is 4.27. The molecule has 0 bridgehead atoms. The van der Waals surface area contributed by atoms with Gasteiger partial charge in [-0.1, -0.05) is 22.9 Å². The van der Waals surface area contributed by atoms with Gasteiger partial charge in [0.05, 0.1) is 11.1 Å². The Kier molecular flexibility index (Phi) is 5.81. The second kappa shape index (κ2) is 7.89. The van der Waals surface area contributed by atoms with Crippen LogP contribution in [0.2, 0.25) is 0 Å². The van der Waals surface area contributed by atoms with Gasteiger partial charge in [0.25, 0.3) is 0 Å². The third-order valence-corrected chi connectivity index (χ3v) is 5.72. The molecule has 1 saturated carbocycles. The van der Waals surface area contributed by atoms with Crippen molar-refractivity contribution in [2.24, 2.45) is 10.6 Å². The number of nitrogens with zero attached hydrogens (tertiary/aromatic N) is 1. The lowest BCUT2D eigenvalue weighted by molar-refractivity contribution is -0.158. The highest BCUT2D eigenvalue weighted by Gasteiger charge is 2.53. The van der Waals surface area contributed by atoms with Crippen LogP contribution in [-0.2, 0) is 23.9 Å². The van der Waals surface area contributed by atoms with E-state index in [0.717, 1.165) is 28.0 Å². The van der Waals surface area contributed by atoms with Gasteiger partial charge in [0.15, 0.2) is 11.4 Å². The Morgan fingerprint density at radius 3 is 2.17 bits per heavy atom. The van der Waals surface area contributed by atoms with Crippen LogP contribution in [0.25, 0.3) is 5.57 Å². The summed E-state index contributed by atoms with van der Waals surface area (Å²) in [5.41, 5.74) is 3.43. The van der Waals surface area contributed by atoms with Crippen molar-refractivity contribution in [2.45, 2.75) is 72.8 Å². The molecular weight excluding hydrogens is 382 g/mol. The predicted octanol–water partition coefficient (Wildman–Crippen LogP) is 4.78. The summed E-state index contributed by atoms with van der Waals surface area (Å²) < 4.78 is 11.9. The molecule has 3 rings (SSSR count). The number of carbonyl (C=O) groups excluding carboxylic acids is 2. The van der Waals surface area contributed by atoms with Gasteiger partial charge in [-0.05, 0) is 83.9 Å². The van der Waals surface area contributed by atoms with Gasteiger partial charge >= 0.3 is 11.9 Å². The maximum absolute atomic E-state index is 13.2. The first-order valence-electron chi connectivity index (χ1n) is 10.4. The molecule has 6 nitrogen and oxygen atoms in total. The standard InChI is InChI=1S/C24H31NO5/c1-14-12-15(2)18(16(3)13-14)19-20(29-22(27)23(4,5)6)24(30-21(19)26)10-8-17(9-11-24)25-28-7/h12-13H,8-11H2,1-7H3. The fourth-order valence-corrected chi connectivity index (χ4v) is 4.27. The zero-order valence-corrected chi connectivity index (χ0v) is 19.0. The number of oxime groups is 1. The number of ether oxygens (including phenoxy) is 2. The van der Waals surface area contributed by atoms with E-state index >= 15 is 0 Å². The lowest BCUT2D eigenvalue weighted by atomic mass is 9.80. The van der Waals surface area contributed by atoms with Gasteiger partial charge in [-0.25, -0.2) is 4.79 Å². The smallest absolute Gasteiger partial charge is 0.343 e. The number of benzene rings is 1. The average molecular weight is 414 g/mol. The summed E-state index contributed by atoms with van der Waals surface area (Å²) in [6.45, 7) is 11.3. The van der Waals surface area contributed by atoms with Crippen LogP contribution in [0.4, 0.5) is 0 Å². The van der Waals surface area contributed by atoms with Gasteiger partial charge in [0.1, 0.15) is 12.7 Å². The molecule has 0 unspecified atom stereocenters. The van der Waals surface area contributed by atoms with E-state index in [0.29, 0.717) is 37.0 Å². The van der Waals surface area contributed by atoms with Crippen molar-refractivity contribution in [1.29, 1.82) is 0 Å². The Hall–Kier alpha value is -2.63. The second-order valence-corrected chi connectivity index (χ2v) is 9.34. The van der Waals surface area contributed by atoms with Gasteiger partial charge in [-0.3, -0.25) is 4.79 Å². The Morgan fingerprint density at radius 2 is 1.67 bits per heavy atom. The Morgan fingerprint density at radius 1 is 1.10 bits per heavy atom. The minimum Gasteiger partial charge on any atom is -0.447 e. The molecule has 1 aliphatic heterocycles. The molecule has 0 aromatic heterocycles. The zero-order valence-electron chi connectivity index (χ0n) is 19.0. The summed E-state index contributed by atoms with van der Waals surface area (Å²) in [4.78, 5) is 30.9. The van der Waals surface area contributed by atoms with E-state index < -0.39 is 17.0 Å². The molecule has 1 fully saturated rings. The van der Waals surface area contributed by atoms with Gasteiger partial charge in [0, 0.05) is 0 Å². The monoisotopic (exact) mass is 413 g/mol. The van der Waals surface area contributed by atoms with Gasteiger partial charge in [0.2, 0.25) is 0 Å². The first-order valence-corrected chi connectivity index (χ1v) is 10.4. The first-order chi connectivity index (χ1) is 14.0. The number of carbonyl (C=O) groups is 2. The van der Waals surface area contributed by atoms with Crippen LogP contribution in [0.1, 0.15) is 68.7 Å². The lowest BCUT2D eigenvalue weighted by Gasteiger charge is -2.34.